The van der Waals surface area contributed by atoms with Crippen molar-refractivity contribution in [3.8, 4) is 0 Å². The first kappa shape index (κ1) is 31.5. The third-order valence-corrected chi connectivity index (χ3v) is 7.84. The number of hydrogen-bond acceptors (Lipinski definition) is 5. The topological polar surface area (TPSA) is 98.0 Å². The lowest BCUT2D eigenvalue weighted by atomic mass is 9.53. The van der Waals surface area contributed by atoms with E-state index >= 15 is 0 Å². The zero-order valence-corrected chi connectivity index (χ0v) is 22.9. The van der Waals surface area contributed by atoms with Crippen LogP contribution in [0.25, 0.3) is 0 Å². The molecular weight excluding hydrogens is 440 g/mol. The van der Waals surface area contributed by atoms with Gasteiger partial charge in [0.05, 0.1) is 18.3 Å². The van der Waals surface area contributed by atoms with Gasteiger partial charge in [-0.2, -0.15) is 0 Å². The highest BCUT2D eigenvalue weighted by Crippen LogP contribution is 2.55. The summed E-state index contributed by atoms with van der Waals surface area (Å²) in [7, 11) is 0. The van der Waals surface area contributed by atoms with Gasteiger partial charge in [-0.15, -0.1) is 0 Å². The van der Waals surface area contributed by atoms with Crippen LogP contribution in [0.15, 0.2) is 46.1 Å². The van der Waals surface area contributed by atoms with E-state index in [2.05, 4.69) is 32.9 Å². The van der Waals surface area contributed by atoms with E-state index in [1.165, 1.54) is 11.1 Å². The minimum Gasteiger partial charge on any atom is -0.396 e. The molecule has 1 fully saturated rings. The Hall–Kier alpha value is -1.53. The number of hydrogen-bond donors (Lipinski definition) is 4. The lowest BCUT2D eigenvalue weighted by Gasteiger charge is -2.54. The normalized spacial score (nSPS) is 28.0. The highest BCUT2D eigenvalue weighted by atomic mass is 16.3. The Bertz CT molecular complexity index is 798. The van der Waals surface area contributed by atoms with Crippen LogP contribution in [0.2, 0.25) is 0 Å². The lowest BCUT2D eigenvalue weighted by Crippen LogP contribution is -2.56. The second-order valence-electron chi connectivity index (χ2n) is 11.0. The van der Waals surface area contributed by atoms with E-state index in [0.717, 1.165) is 30.3 Å². The fourth-order valence-corrected chi connectivity index (χ4v) is 5.66. The molecule has 0 aliphatic heterocycles. The minimum atomic E-state index is -1.08. The van der Waals surface area contributed by atoms with Crippen LogP contribution in [-0.2, 0) is 4.79 Å². The van der Waals surface area contributed by atoms with E-state index in [1.54, 1.807) is 13.8 Å². The van der Waals surface area contributed by atoms with Crippen molar-refractivity contribution in [2.45, 2.75) is 111 Å². The summed E-state index contributed by atoms with van der Waals surface area (Å²) in [5.74, 6) is -0.167. The van der Waals surface area contributed by atoms with Crippen molar-refractivity contribution < 1.29 is 25.2 Å². The van der Waals surface area contributed by atoms with E-state index in [9.17, 15) is 25.2 Å². The molecule has 1 saturated carbocycles. The highest BCUT2D eigenvalue weighted by molar-refractivity contribution is 5.74. The van der Waals surface area contributed by atoms with Crippen molar-refractivity contribution in [2.24, 2.45) is 11.3 Å². The molecule has 5 nitrogen and oxygen atoms in total. The SMILES string of the molecule is CC(C)=CCCC(C)=CC(O)CC(C)=CCCC1(CO)C(CCCO)C(=C(C)C=O)CCC1(C)O. The van der Waals surface area contributed by atoms with Crippen molar-refractivity contribution in [3.05, 3.63) is 46.1 Å². The van der Waals surface area contributed by atoms with Gasteiger partial charge in [-0.3, -0.25) is 4.79 Å². The van der Waals surface area contributed by atoms with Crippen molar-refractivity contribution >= 4 is 6.29 Å². The molecule has 0 radical (unpaired) electrons. The summed E-state index contributed by atoms with van der Waals surface area (Å²) in [6.07, 6.45) is 12.5. The largest absolute Gasteiger partial charge is 0.396 e. The second kappa shape index (κ2) is 14.9. The van der Waals surface area contributed by atoms with Crippen LogP contribution in [0.4, 0.5) is 0 Å². The molecule has 1 aliphatic rings. The van der Waals surface area contributed by atoms with Crippen molar-refractivity contribution in [3.63, 3.8) is 0 Å². The molecule has 0 heterocycles. The van der Waals surface area contributed by atoms with Gasteiger partial charge in [0.15, 0.2) is 0 Å². The third-order valence-electron chi connectivity index (χ3n) is 7.84. The molecule has 0 aromatic carbocycles. The first-order valence-corrected chi connectivity index (χ1v) is 13.2. The summed E-state index contributed by atoms with van der Waals surface area (Å²) in [6.45, 7) is 11.7. The Kier molecular flexibility index (Phi) is 13.4. The third kappa shape index (κ3) is 9.13. The Balaban J connectivity index is 3.00. The van der Waals surface area contributed by atoms with Crippen LogP contribution in [0, 0.1) is 11.3 Å². The fraction of sp³-hybridized carbons (Fsp3) is 0.700. The van der Waals surface area contributed by atoms with Gasteiger partial charge in [-0.05, 0) is 111 Å². The van der Waals surface area contributed by atoms with E-state index in [-0.39, 0.29) is 19.1 Å². The summed E-state index contributed by atoms with van der Waals surface area (Å²) in [6, 6.07) is 0. The van der Waals surface area contributed by atoms with Gasteiger partial charge in [0.2, 0.25) is 0 Å². The van der Waals surface area contributed by atoms with Gasteiger partial charge in [0.1, 0.15) is 6.29 Å². The molecule has 200 valence electrons. The number of allylic oxidation sites excluding steroid dienone is 6. The molecule has 4 atom stereocenters. The van der Waals surface area contributed by atoms with Crippen molar-refractivity contribution in [1.82, 2.24) is 0 Å². The first-order chi connectivity index (χ1) is 16.4. The zero-order chi connectivity index (χ0) is 26.6. The fourth-order valence-electron chi connectivity index (χ4n) is 5.66. The molecule has 4 N–H and O–H groups in total. The maximum absolute atomic E-state index is 11.6. The molecule has 1 rings (SSSR count). The molecule has 0 aromatic heterocycles. The number of carbonyl (C=O) groups is 1. The number of aldehydes is 1. The number of carbonyl (C=O) groups excluding carboxylic acids is 1. The summed E-state index contributed by atoms with van der Waals surface area (Å²) in [4.78, 5) is 11.6. The van der Waals surface area contributed by atoms with Crippen LogP contribution < -0.4 is 0 Å². The highest BCUT2D eigenvalue weighted by Gasteiger charge is 2.54. The molecule has 0 spiro atoms. The molecule has 0 saturated heterocycles. The predicted molar refractivity (Wildman–Crippen MR) is 144 cm³/mol. The number of rotatable bonds is 14. The summed E-state index contributed by atoms with van der Waals surface area (Å²) >= 11 is 0. The van der Waals surface area contributed by atoms with E-state index in [4.69, 9.17) is 0 Å². The number of aliphatic hydroxyl groups is 4. The summed E-state index contributed by atoms with van der Waals surface area (Å²) in [5.41, 5.74) is 3.34. The molecule has 0 bridgehead atoms. The molecule has 0 aromatic rings. The first-order valence-electron chi connectivity index (χ1n) is 13.2. The van der Waals surface area contributed by atoms with Gasteiger partial charge in [-0.1, -0.05) is 40.5 Å². The van der Waals surface area contributed by atoms with E-state index in [0.29, 0.717) is 50.5 Å². The Labute approximate surface area is 213 Å². The maximum Gasteiger partial charge on any atom is 0.145 e. The summed E-state index contributed by atoms with van der Waals surface area (Å²) in [5, 5.41) is 42.0. The molecule has 35 heavy (non-hydrogen) atoms. The maximum atomic E-state index is 11.6. The standard InChI is InChI=1S/C30H50O5/c1-22(2)10-7-11-23(3)18-26(34)19-24(4)12-8-15-30(21-33)28(13-9-17-31)27(25(5)20-32)14-16-29(30,6)35/h10,12,18,20,26,28,31,33-35H,7-9,11,13-17,19,21H2,1-6H3. The Morgan fingerprint density at radius 3 is 2.34 bits per heavy atom. The smallest absolute Gasteiger partial charge is 0.145 e. The second-order valence-corrected chi connectivity index (χ2v) is 11.0. The average Bonchev–Trinajstić information content (AvgIpc) is 2.77. The van der Waals surface area contributed by atoms with Crippen LogP contribution in [0.3, 0.4) is 0 Å². The van der Waals surface area contributed by atoms with Crippen LogP contribution in [0.1, 0.15) is 99.3 Å². The molecule has 5 heteroatoms. The van der Waals surface area contributed by atoms with E-state index in [1.807, 2.05) is 13.0 Å². The average molecular weight is 491 g/mol. The summed E-state index contributed by atoms with van der Waals surface area (Å²) < 4.78 is 0. The quantitative estimate of drug-likeness (QED) is 0.145. The van der Waals surface area contributed by atoms with Gasteiger partial charge in [0.25, 0.3) is 0 Å². The van der Waals surface area contributed by atoms with Gasteiger partial charge in [0, 0.05) is 12.0 Å². The van der Waals surface area contributed by atoms with Crippen LogP contribution in [0.5, 0.6) is 0 Å². The molecule has 1 aliphatic carbocycles. The van der Waals surface area contributed by atoms with Gasteiger partial charge >= 0.3 is 0 Å². The van der Waals surface area contributed by atoms with E-state index < -0.39 is 17.1 Å². The van der Waals surface area contributed by atoms with Crippen molar-refractivity contribution in [1.29, 1.82) is 0 Å². The van der Waals surface area contributed by atoms with Crippen LogP contribution in [-0.4, -0.2) is 51.6 Å². The monoisotopic (exact) mass is 490 g/mol. The van der Waals surface area contributed by atoms with Crippen molar-refractivity contribution in [2.75, 3.05) is 13.2 Å². The minimum absolute atomic E-state index is 0.0335. The molecule has 4 unspecified atom stereocenters. The predicted octanol–water partition coefficient (Wildman–Crippen LogP) is 5.58. The zero-order valence-electron chi connectivity index (χ0n) is 22.9. The van der Waals surface area contributed by atoms with Crippen LogP contribution >= 0.6 is 0 Å². The molecular formula is C30H50O5. The van der Waals surface area contributed by atoms with Gasteiger partial charge < -0.3 is 20.4 Å². The lowest BCUT2D eigenvalue weighted by molar-refractivity contribution is -0.146. The van der Waals surface area contributed by atoms with Gasteiger partial charge in [-0.25, -0.2) is 0 Å². The Morgan fingerprint density at radius 1 is 1.09 bits per heavy atom. The Morgan fingerprint density at radius 2 is 1.77 bits per heavy atom. The molecule has 0 amide bonds. The number of aliphatic hydroxyl groups excluding tert-OH is 3.